The zero-order valence-corrected chi connectivity index (χ0v) is 9.85. The number of hydrogen-bond acceptors (Lipinski definition) is 3. The summed E-state index contributed by atoms with van der Waals surface area (Å²) in [5, 5.41) is 0. The summed E-state index contributed by atoms with van der Waals surface area (Å²) in [6.45, 7) is 4.27. The summed E-state index contributed by atoms with van der Waals surface area (Å²) in [5.41, 5.74) is 5.30. The number of likely N-dealkylation sites (N-methyl/N-ethyl adjacent to an activating group) is 1. The molecule has 0 spiro atoms. The summed E-state index contributed by atoms with van der Waals surface area (Å²) in [7, 11) is 3.58. The van der Waals surface area contributed by atoms with Crippen molar-refractivity contribution in [2.75, 3.05) is 20.6 Å². The lowest BCUT2D eigenvalue weighted by atomic mass is 9.97. The molecule has 2 atom stereocenters. The highest BCUT2D eigenvalue weighted by Gasteiger charge is 2.34. The summed E-state index contributed by atoms with van der Waals surface area (Å²) in [6, 6.07) is -0.376. The Morgan fingerprint density at radius 3 is 2.75 bits per heavy atom. The SMILES string of the molecule is C=CN1CCC(CC(C(N)=O)N(C)C)C1=O. The molecular weight excluding hydrogens is 206 g/mol. The fourth-order valence-corrected chi connectivity index (χ4v) is 2.01. The number of carbonyl (C=O) groups is 2. The molecular formula is C11H19N3O2. The molecule has 2 N–H and O–H groups in total. The monoisotopic (exact) mass is 225 g/mol. The molecule has 0 aromatic carbocycles. The molecule has 0 saturated carbocycles. The van der Waals surface area contributed by atoms with Gasteiger partial charge in [0, 0.05) is 12.5 Å². The van der Waals surface area contributed by atoms with Crippen LogP contribution in [0.15, 0.2) is 12.8 Å². The van der Waals surface area contributed by atoms with Crippen LogP contribution in [0.1, 0.15) is 12.8 Å². The molecule has 16 heavy (non-hydrogen) atoms. The van der Waals surface area contributed by atoms with E-state index in [1.165, 1.54) is 6.20 Å². The first-order valence-corrected chi connectivity index (χ1v) is 5.36. The lowest BCUT2D eigenvalue weighted by Gasteiger charge is -2.23. The molecule has 90 valence electrons. The summed E-state index contributed by atoms with van der Waals surface area (Å²) in [4.78, 5) is 26.4. The van der Waals surface area contributed by atoms with E-state index in [9.17, 15) is 9.59 Å². The van der Waals surface area contributed by atoms with Crippen molar-refractivity contribution in [1.29, 1.82) is 0 Å². The van der Waals surface area contributed by atoms with Gasteiger partial charge in [0.05, 0.1) is 6.04 Å². The van der Waals surface area contributed by atoms with E-state index >= 15 is 0 Å². The highest BCUT2D eigenvalue weighted by molar-refractivity contribution is 5.84. The van der Waals surface area contributed by atoms with Gasteiger partial charge in [-0.2, -0.15) is 0 Å². The summed E-state index contributed by atoms with van der Waals surface area (Å²) >= 11 is 0. The van der Waals surface area contributed by atoms with Gasteiger partial charge in [-0.25, -0.2) is 0 Å². The Morgan fingerprint density at radius 2 is 2.38 bits per heavy atom. The molecule has 1 heterocycles. The first-order chi connectivity index (χ1) is 7.47. The van der Waals surface area contributed by atoms with E-state index < -0.39 is 0 Å². The second kappa shape index (κ2) is 5.12. The van der Waals surface area contributed by atoms with E-state index in [0.29, 0.717) is 13.0 Å². The third-order valence-corrected chi connectivity index (χ3v) is 3.03. The van der Waals surface area contributed by atoms with Gasteiger partial charge >= 0.3 is 0 Å². The Bertz CT molecular complexity index is 302. The van der Waals surface area contributed by atoms with Crippen LogP contribution in [0, 0.1) is 5.92 Å². The van der Waals surface area contributed by atoms with Crippen molar-refractivity contribution in [3.8, 4) is 0 Å². The molecule has 0 aliphatic carbocycles. The first kappa shape index (κ1) is 12.7. The lowest BCUT2D eigenvalue weighted by Crippen LogP contribution is -2.42. The van der Waals surface area contributed by atoms with E-state index in [0.717, 1.165) is 6.42 Å². The zero-order chi connectivity index (χ0) is 12.3. The van der Waals surface area contributed by atoms with Gasteiger partial charge in [0.2, 0.25) is 11.8 Å². The largest absolute Gasteiger partial charge is 0.368 e. The highest BCUT2D eigenvalue weighted by Crippen LogP contribution is 2.23. The molecule has 0 aromatic heterocycles. The van der Waals surface area contributed by atoms with Crippen molar-refractivity contribution in [3.05, 3.63) is 12.8 Å². The Labute approximate surface area is 95.9 Å². The van der Waals surface area contributed by atoms with Crippen LogP contribution in [0.25, 0.3) is 0 Å². The van der Waals surface area contributed by atoms with Gasteiger partial charge in [0.15, 0.2) is 0 Å². The van der Waals surface area contributed by atoms with Crippen molar-refractivity contribution in [1.82, 2.24) is 9.80 Å². The lowest BCUT2D eigenvalue weighted by molar-refractivity contribution is -0.130. The van der Waals surface area contributed by atoms with Crippen LogP contribution in [0.3, 0.4) is 0 Å². The Kier molecular flexibility index (Phi) is 4.06. The molecule has 1 fully saturated rings. The van der Waals surface area contributed by atoms with Crippen molar-refractivity contribution in [2.45, 2.75) is 18.9 Å². The van der Waals surface area contributed by atoms with Crippen LogP contribution in [-0.2, 0) is 9.59 Å². The van der Waals surface area contributed by atoms with Gasteiger partial charge in [-0.15, -0.1) is 0 Å². The van der Waals surface area contributed by atoms with Crippen LogP contribution < -0.4 is 5.73 Å². The number of rotatable bonds is 5. The van der Waals surface area contributed by atoms with Gasteiger partial charge in [0.1, 0.15) is 0 Å². The second-order valence-electron chi connectivity index (χ2n) is 4.32. The summed E-state index contributed by atoms with van der Waals surface area (Å²) in [6.07, 6.45) is 2.80. The van der Waals surface area contributed by atoms with Gasteiger partial charge in [-0.3, -0.25) is 14.5 Å². The minimum atomic E-state index is -0.380. The molecule has 0 aromatic rings. The fraction of sp³-hybridized carbons (Fsp3) is 0.636. The number of nitrogens with zero attached hydrogens (tertiary/aromatic N) is 2. The number of hydrogen-bond donors (Lipinski definition) is 1. The molecule has 2 amide bonds. The Balaban J connectivity index is 2.63. The van der Waals surface area contributed by atoms with E-state index in [4.69, 9.17) is 5.73 Å². The topological polar surface area (TPSA) is 66.6 Å². The molecule has 1 aliphatic heterocycles. The number of amides is 2. The van der Waals surface area contributed by atoms with Crippen molar-refractivity contribution in [2.24, 2.45) is 11.7 Å². The quantitative estimate of drug-likeness (QED) is 0.703. The molecule has 2 unspecified atom stereocenters. The maximum Gasteiger partial charge on any atom is 0.234 e. The predicted octanol–water partition coefficient (Wildman–Crippen LogP) is -0.216. The molecule has 0 radical (unpaired) electrons. The third kappa shape index (κ3) is 2.61. The fourth-order valence-electron chi connectivity index (χ4n) is 2.01. The predicted molar refractivity (Wildman–Crippen MR) is 61.3 cm³/mol. The van der Waals surface area contributed by atoms with Crippen molar-refractivity contribution < 1.29 is 9.59 Å². The van der Waals surface area contributed by atoms with Gasteiger partial charge < -0.3 is 10.6 Å². The maximum absolute atomic E-state index is 11.8. The molecule has 1 saturated heterocycles. The van der Waals surface area contributed by atoms with Crippen LogP contribution >= 0.6 is 0 Å². The van der Waals surface area contributed by atoms with Crippen molar-refractivity contribution >= 4 is 11.8 Å². The minimum absolute atomic E-state index is 0.0445. The average molecular weight is 225 g/mol. The summed E-state index contributed by atoms with van der Waals surface area (Å²) in [5.74, 6) is -0.448. The number of carbonyl (C=O) groups excluding carboxylic acids is 2. The average Bonchev–Trinajstić information content (AvgIpc) is 2.54. The molecule has 5 nitrogen and oxygen atoms in total. The van der Waals surface area contributed by atoms with Crippen molar-refractivity contribution in [3.63, 3.8) is 0 Å². The van der Waals surface area contributed by atoms with E-state index in [1.807, 2.05) is 0 Å². The summed E-state index contributed by atoms with van der Waals surface area (Å²) < 4.78 is 0. The van der Waals surface area contributed by atoms with Crippen LogP contribution in [0.4, 0.5) is 0 Å². The Hall–Kier alpha value is -1.36. The molecule has 1 aliphatic rings. The smallest absolute Gasteiger partial charge is 0.234 e. The second-order valence-corrected chi connectivity index (χ2v) is 4.32. The van der Waals surface area contributed by atoms with Gasteiger partial charge in [-0.05, 0) is 33.1 Å². The van der Waals surface area contributed by atoms with Crippen LogP contribution in [0.2, 0.25) is 0 Å². The van der Waals surface area contributed by atoms with Gasteiger partial charge in [0.25, 0.3) is 0 Å². The van der Waals surface area contributed by atoms with E-state index in [1.54, 1.807) is 23.9 Å². The number of primary amides is 1. The third-order valence-electron chi connectivity index (χ3n) is 3.03. The highest BCUT2D eigenvalue weighted by atomic mass is 16.2. The minimum Gasteiger partial charge on any atom is -0.368 e. The number of likely N-dealkylation sites (tertiary alicyclic amines) is 1. The molecule has 5 heteroatoms. The zero-order valence-electron chi connectivity index (χ0n) is 9.85. The molecule has 1 rings (SSSR count). The number of nitrogens with two attached hydrogens (primary N) is 1. The maximum atomic E-state index is 11.8. The van der Waals surface area contributed by atoms with E-state index in [2.05, 4.69) is 6.58 Å². The van der Waals surface area contributed by atoms with Crippen LogP contribution in [0.5, 0.6) is 0 Å². The van der Waals surface area contributed by atoms with Gasteiger partial charge in [-0.1, -0.05) is 6.58 Å². The Morgan fingerprint density at radius 1 is 1.75 bits per heavy atom. The first-order valence-electron chi connectivity index (χ1n) is 5.36. The normalized spacial score (nSPS) is 22.6. The van der Waals surface area contributed by atoms with E-state index in [-0.39, 0.29) is 23.8 Å². The standard InChI is InChI=1S/C11H19N3O2/c1-4-14-6-5-8(11(14)16)7-9(10(12)15)13(2)3/h4,8-9H,1,5-7H2,2-3H3,(H2,12,15). The molecule has 0 bridgehead atoms. The van der Waals surface area contributed by atoms with Crippen LogP contribution in [-0.4, -0.2) is 48.3 Å².